The number of hydrogen-bond donors (Lipinski definition) is 2. The Morgan fingerprint density at radius 2 is 2.05 bits per heavy atom. The molecule has 5 nitrogen and oxygen atoms in total. The molecule has 0 saturated carbocycles. The summed E-state index contributed by atoms with van der Waals surface area (Å²) in [4.78, 5) is 5.34. The second kappa shape index (κ2) is 6.64. The minimum atomic E-state index is -4.55. The van der Waals surface area contributed by atoms with Gasteiger partial charge in [0.05, 0.1) is 5.56 Å². The maximum absolute atomic E-state index is 12.8. The zero-order valence-electron chi connectivity index (χ0n) is 12.1. The van der Waals surface area contributed by atoms with Crippen molar-refractivity contribution in [2.45, 2.75) is 26.9 Å². The molecule has 8 heteroatoms. The molecule has 0 aliphatic heterocycles. The normalized spacial score (nSPS) is 12.8. The van der Waals surface area contributed by atoms with Gasteiger partial charge in [0.25, 0.3) is 0 Å². The Kier molecular flexibility index (Phi) is 5.40. The third-order valence-electron chi connectivity index (χ3n) is 2.82. The summed E-state index contributed by atoms with van der Waals surface area (Å²) in [7, 11) is 0. The zero-order chi connectivity index (χ0) is 16.2. The smallest absolute Gasteiger partial charge is 0.409 e. The molecule has 1 aromatic rings. The predicted octanol–water partition coefficient (Wildman–Crippen LogP) is 2.68. The molecule has 0 spiro atoms. The van der Waals surface area contributed by atoms with E-state index in [9.17, 15) is 13.2 Å². The van der Waals surface area contributed by atoms with Crippen LogP contribution in [0.4, 0.5) is 19.0 Å². The first kappa shape index (κ1) is 17.1. The summed E-state index contributed by atoms with van der Waals surface area (Å²) < 4.78 is 38.5. The van der Waals surface area contributed by atoms with Crippen molar-refractivity contribution >= 4 is 11.7 Å². The SMILES string of the molecule is CCN(CC(C)C)c1nc(C(F)(F)F)ccc1C(N)=NO. The van der Waals surface area contributed by atoms with Gasteiger partial charge in [-0.25, -0.2) is 4.98 Å². The number of rotatable bonds is 5. The standard InChI is InChI=1S/C13H19F3N4O/c1-4-20(7-8(2)3)12-9(11(17)19-21)5-6-10(18-12)13(14,15)16/h5-6,8,21H,4,7H2,1-3H3,(H2,17,19). The van der Waals surface area contributed by atoms with Crippen LogP contribution in [-0.2, 0) is 6.18 Å². The van der Waals surface area contributed by atoms with Gasteiger partial charge >= 0.3 is 6.18 Å². The van der Waals surface area contributed by atoms with Crippen LogP contribution in [-0.4, -0.2) is 29.1 Å². The van der Waals surface area contributed by atoms with Gasteiger partial charge in [-0.2, -0.15) is 13.2 Å². The lowest BCUT2D eigenvalue weighted by molar-refractivity contribution is -0.141. The van der Waals surface area contributed by atoms with Crippen molar-refractivity contribution in [1.82, 2.24) is 4.98 Å². The number of pyridine rings is 1. The second-order valence-corrected chi connectivity index (χ2v) is 4.98. The maximum atomic E-state index is 12.8. The van der Waals surface area contributed by atoms with Crippen LogP contribution in [0.3, 0.4) is 0 Å². The van der Waals surface area contributed by atoms with Gasteiger partial charge in [0.15, 0.2) is 5.84 Å². The first-order valence-corrected chi connectivity index (χ1v) is 6.51. The lowest BCUT2D eigenvalue weighted by Gasteiger charge is -2.26. The van der Waals surface area contributed by atoms with Crippen LogP contribution in [0.5, 0.6) is 0 Å². The fourth-order valence-electron chi connectivity index (χ4n) is 1.91. The highest BCUT2D eigenvalue weighted by molar-refractivity contribution is 6.01. The molecule has 0 unspecified atom stereocenters. The Balaban J connectivity index is 3.41. The molecular formula is C13H19F3N4O. The van der Waals surface area contributed by atoms with Crippen molar-refractivity contribution in [3.8, 4) is 0 Å². The van der Waals surface area contributed by atoms with E-state index in [4.69, 9.17) is 10.9 Å². The average Bonchev–Trinajstić information content (AvgIpc) is 2.42. The number of hydrogen-bond acceptors (Lipinski definition) is 4. The zero-order valence-corrected chi connectivity index (χ0v) is 12.1. The van der Waals surface area contributed by atoms with E-state index < -0.39 is 11.9 Å². The largest absolute Gasteiger partial charge is 0.433 e. The first-order valence-electron chi connectivity index (χ1n) is 6.51. The molecule has 0 aromatic carbocycles. The van der Waals surface area contributed by atoms with E-state index in [1.54, 1.807) is 11.8 Å². The number of anilines is 1. The lowest BCUT2D eigenvalue weighted by atomic mass is 10.1. The van der Waals surface area contributed by atoms with Crippen molar-refractivity contribution in [3.05, 3.63) is 23.4 Å². The molecule has 0 aliphatic carbocycles. The number of amidine groups is 1. The lowest BCUT2D eigenvalue weighted by Crippen LogP contribution is -2.31. The third kappa shape index (κ3) is 4.24. The van der Waals surface area contributed by atoms with Gasteiger partial charge in [-0.3, -0.25) is 0 Å². The van der Waals surface area contributed by atoms with E-state index in [1.807, 2.05) is 13.8 Å². The van der Waals surface area contributed by atoms with Crippen LogP contribution in [0.25, 0.3) is 0 Å². The predicted molar refractivity (Wildman–Crippen MR) is 74.5 cm³/mol. The highest BCUT2D eigenvalue weighted by Gasteiger charge is 2.34. The summed E-state index contributed by atoms with van der Waals surface area (Å²) in [6.07, 6.45) is -4.55. The van der Waals surface area contributed by atoms with E-state index in [1.165, 1.54) is 6.07 Å². The molecule has 0 saturated heterocycles. The Bertz CT molecular complexity index is 515. The van der Waals surface area contributed by atoms with E-state index in [-0.39, 0.29) is 23.1 Å². The van der Waals surface area contributed by atoms with Crippen LogP contribution in [0.15, 0.2) is 17.3 Å². The number of oxime groups is 1. The summed E-state index contributed by atoms with van der Waals surface area (Å²) >= 11 is 0. The molecule has 0 fully saturated rings. The Hall–Kier alpha value is -1.99. The highest BCUT2D eigenvalue weighted by atomic mass is 19.4. The molecular weight excluding hydrogens is 285 g/mol. The maximum Gasteiger partial charge on any atom is 0.433 e. The molecule has 1 rings (SSSR count). The van der Waals surface area contributed by atoms with Crippen LogP contribution < -0.4 is 10.6 Å². The molecule has 1 heterocycles. The van der Waals surface area contributed by atoms with Gasteiger partial charge in [-0.05, 0) is 25.0 Å². The minimum Gasteiger partial charge on any atom is -0.409 e. The van der Waals surface area contributed by atoms with Crippen molar-refractivity contribution < 1.29 is 18.4 Å². The topological polar surface area (TPSA) is 74.7 Å². The summed E-state index contributed by atoms with van der Waals surface area (Å²) in [5.41, 5.74) is 4.70. The quantitative estimate of drug-likeness (QED) is 0.379. The average molecular weight is 304 g/mol. The molecule has 1 aromatic heterocycles. The van der Waals surface area contributed by atoms with Gasteiger partial charge in [0.1, 0.15) is 11.5 Å². The Labute approximate surface area is 121 Å². The van der Waals surface area contributed by atoms with Gasteiger partial charge in [-0.15, -0.1) is 0 Å². The van der Waals surface area contributed by atoms with E-state index >= 15 is 0 Å². The highest BCUT2D eigenvalue weighted by Crippen LogP contribution is 2.30. The first-order chi connectivity index (χ1) is 9.70. The van der Waals surface area contributed by atoms with Crippen molar-refractivity contribution in [1.29, 1.82) is 0 Å². The van der Waals surface area contributed by atoms with Crippen LogP contribution in [0.2, 0.25) is 0 Å². The summed E-state index contributed by atoms with van der Waals surface area (Å²) in [6.45, 7) is 6.66. The summed E-state index contributed by atoms with van der Waals surface area (Å²) in [5, 5.41) is 11.6. The number of halogens is 3. The molecule has 0 atom stereocenters. The van der Waals surface area contributed by atoms with Gasteiger partial charge in [-0.1, -0.05) is 19.0 Å². The molecule has 3 N–H and O–H groups in total. The van der Waals surface area contributed by atoms with E-state index in [0.29, 0.717) is 13.1 Å². The van der Waals surface area contributed by atoms with Gasteiger partial charge in [0.2, 0.25) is 0 Å². The van der Waals surface area contributed by atoms with Crippen molar-refractivity contribution in [3.63, 3.8) is 0 Å². The van der Waals surface area contributed by atoms with Crippen LogP contribution in [0.1, 0.15) is 32.0 Å². The second-order valence-electron chi connectivity index (χ2n) is 4.98. The number of nitrogens with two attached hydrogens (primary N) is 1. The number of alkyl halides is 3. The van der Waals surface area contributed by atoms with Crippen molar-refractivity contribution in [2.75, 3.05) is 18.0 Å². The summed E-state index contributed by atoms with van der Waals surface area (Å²) in [6, 6.07) is 1.99. The number of nitrogens with zero attached hydrogens (tertiary/aromatic N) is 3. The monoisotopic (exact) mass is 304 g/mol. The van der Waals surface area contributed by atoms with E-state index in [0.717, 1.165) is 6.07 Å². The van der Waals surface area contributed by atoms with E-state index in [2.05, 4.69) is 10.1 Å². The fourth-order valence-corrected chi connectivity index (χ4v) is 1.91. The Morgan fingerprint density at radius 3 is 2.48 bits per heavy atom. The molecule has 0 aliphatic rings. The van der Waals surface area contributed by atoms with Crippen molar-refractivity contribution in [2.24, 2.45) is 16.8 Å². The third-order valence-corrected chi connectivity index (χ3v) is 2.82. The number of aromatic nitrogens is 1. The van der Waals surface area contributed by atoms with Crippen LogP contribution in [0, 0.1) is 5.92 Å². The van der Waals surface area contributed by atoms with Crippen LogP contribution >= 0.6 is 0 Å². The molecule has 21 heavy (non-hydrogen) atoms. The fraction of sp³-hybridized carbons (Fsp3) is 0.538. The summed E-state index contributed by atoms with van der Waals surface area (Å²) in [5.74, 6) is 0.0196. The minimum absolute atomic E-state index is 0.0660. The van der Waals surface area contributed by atoms with Gasteiger partial charge < -0.3 is 15.8 Å². The molecule has 0 amide bonds. The van der Waals surface area contributed by atoms with Gasteiger partial charge in [0, 0.05) is 13.1 Å². The Morgan fingerprint density at radius 1 is 1.43 bits per heavy atom. The molecule has 118 valence electrons. The molecule has 0 bridgehead atoms. The molecule has 0 radical (unpaired) electrons.